The lowest BCUT2D eigenvalue weighted by Crippen LogP contribution is -2.15. The van der Waals surface area contributed by atoms with Crippen LogP contribution in [0.15, 0.2) is 48.5 Å². The van der Waals surface area contributed by atoms with Crippen LogP contribution in [0.2, 0.25) is 0 Å². The lowest BCUT2D eigenvalue weighted by Gasteiger charge is -2.18. The summed E-state index contributed by atoms with van der Waals surface area (Å²) in [5.74, 6) is 0.636. The fraction of sp³-hybridized carbons (Fsp3) is 0.238. The Morgan fingerprint density at radius 2 is 1.82 bits per heavy atom. The fourth-order valence-corrected chi connectivity index (χ4v) is 4.55. The topological polar surface area (TPSA) is 50.2 Å². The van der Waals surface area contributed by atoms with Crippen molar-refractivity contribution in [1.29, 1.82) is 0 Å². The fourth-order valence-electron chi connectivity index (χ4n) is 3.36. The molecule has 5 nitrogen and oxygen atoms in total. The Kier molecular flexibility index (Phi) is 4.85. The highest BCUT2D eigenvalue weighted by Crippen LogP contribution is 2.44. The zero-order valence-electron chi connectivity index (χ0n) is 15.9. The van der Waals surface area contributed by atoms with Gasteiger partial charge < -0.3 is 10.2 Å². The van der Waals surface area contributed by atoms with Gasteiger partial charge in [0, 0.05) is 25.3 Å². The van der Waals surface area contributed by atoms with Gasteiger partial charge in [-0.3, -0.25) is 4.79 Å². The summed E-state index contributed by atoms with van der Waals surface area (Å²) in [6, 6.07) is 14.5. The first-order chi connectivity index (χ1) is 13.4. The van der Waals surface area contributed by atoms with Gasteiger partial charge in [0.2, 0.25) is 5.91 Å². The van der Waals surface area contributed by atoms with Crippen LogP contribution < -0.4 is 10.2 Å². The minimum absolute atomic E-state index is 0.0145. The number of fused-ring (bicyclic) bond motifs is 1. The number of halogens is 1. The molecule has 144 valence electrons. The molecule has 2 aromatic carbocycles. The van der Waals surface area contributed by atoms with Crippen LogP contribution in [0, 0.1) is 12.7 Å². The lowest BCUT2D eigenvalue weighted by molar-refractivity contribution is -0.113. The first kappa shape index (κ1) is 18.6. The number of anilines is 2. The van der Waals surface area contributed by atoms with Gasteiger partial charge in [-0.25, -0.2) is 9.07 Å². The van der Waals surface area contributed by atoms with Crippen molar-refractivity contribution >= 4 is 29.2 Å². The molecule has 1 aliphatic heterocycles. The minimum atomic E-state index is -0.308. The largest absolute Gasteiger partial charge is 0.378 e. The van der Waals surface area contributed by atoms with Gasteiger partial charge in [-0.1, -0.05) is 12.1 Å². The van der Waals surface area contributed by atoms with E-state index in [1.807, 2.05) is 21.0 Å². The molecule has 3 aromatic rings. The molecule has 0 radical (unpaired) electrons. The zero-order chi connectivity index (χ0) is 19.8. The standard InChI is InChI=1S/C21H21FN4OS/c1-13-19-20(14-4-8-16(9-5-14)25(2)3)28-12-18(27)23-21(19)26(24-13)17-10-6-15(22)7-11-17/h4-11,20H,12H2,1-3H3,(H,23,27)/t20-/m1/s1. The maximum Gasteiger partial charge on any atom is 0.235 e. The van der Waals surface area contributed by atoms with E-state index >= 15 is 0 Å². The predicted molar refractivity (Wildman–Crippen MR) is 112 cm³/mol. The number of benzene rings is 2. The maximum absolute atomic E-state index is 13.3. The summed E-state index contributed by atoms with van der Waals surface area (Å²) in [4.78, 5) is 14.4. The SMILES string of the molecule is Cc1nn(-c2ccc(F)cc2)c2c1[C@@H](c1ccc(N(C)C)cc1)SCC(=O)N2. The first-order valence-corrected chi connectivity index (χ1v) is 10.0. The van der Waals surface area contributed by atoms with E-state index in [1.165, 1.54) is 12.1 Å². The molecule has 4 rings (SSSR count). The molecule has 0 saturated heterocycles. The van der Waals surface area contributed by atoms with Crippen molar-refractivity contribution in [3.8, 4) is 5.69 Å². The van der Waals surface area contributed by atoms with E-state index in [2.05, 4.69) is 39.6 Å². The number of aryl methyl sites for hydroxylation is 1. The number of carbonyl (C=O) groups is 1. The Morgan fingerprint density at radius 1 is 1.14 bits per heavy atom. The molecule has 0 aliphatic carbocycles. The van der Waals surface area contributed by atoms with Crippen molar-refractivity contribution < 1.29 is 9.18 Å². The van der Waals surface area contributed by atoms with E-state index in [9.17, 15) is 9.18 Å². The number of amides is 1. The molecule has 7 heteroatoms. The van der Waals surface area contributed by atoms with Gasteiger partial charge in [-0.15, -0.1) is 11.8 Å². The number of aromatic nitrogens is 2. The van der Waals surface area contributed by atoms with Gasteiger partial charge in [0.15, 0.2) is 0 Å². The highest BCUT2D eigenvalue weighted by Gasteiger charge is 2.30. The van der Waals surface area contributed by atoms with E-state index in [4.69, 9.17) is 0 Å². The van der Waals surface area contributed by atoms with Gasteiger partial charge in [0.05, 0.1) is 22.4 Å². The summed E-state index contributed by atoms with van der Waals surface area (Å²) >= 11 is 1.59. The zero-order valence-corrected chi connectivity index (χ0v) is 16.8. The molecule has 0 unspecified atom stereocenters. The molecule has 0 saturated carbocycles. The Labute approximate surface area is 167 Å². The van der Waals surface area contributed by atoms with Gasteiger partial charge in [-0.2, -0.15) is 5.10 Å². The van der Waals surface area contributed by atoms with Crippen molar-refractivity contribution in [2.75, 3.05) is 30.1 Å². The van der Waals surface area contributed by atoms with E-state index in [1.54, 1.807) is 28.6 Å². The summed E-state index contributed by atoms with van der Waals surface area (Å²) in [5, 5.41) is 7.63. The molecule has 0 bridgehead atoms. The van der Waals surface area contributed by atoms with Crippen LogP contribution in [0.25, 0.3) is 5.69 Å². The molecule has 0 spiro atoms. The summed E-state index contributed by atoms with van der Waals surface area (Å²) in [7, 11) is 4.01. The molecule has 1 amide bonds. The summed E-state index contributed by atoms with van der Waals surface area (Å²) in [5.41, 5.74) is 4.78. The average molecular weight is 396 g/mol. The monoisotopic (exact) mass is 396 g/mol. The third-order valence-corrected chi connectivity index (χ3v) is 6.06. The Morgan fingerprint density at radius 3 is 2.46 bits per heavy atom. The number of nitrogens with zero attached hydrogens (tertiary/aromatic N) is 3. The summed E-state index contributed by atoms with van der Waals surface area (Å²) in [6.07, 6.45) is 0. The van der Waals surface area contributed by atoms with E-state index in [-0.39, 0.29) is 17.0 Å². The summed E-state index contributed by atoms with van der Waals surface area (Å²) in [6.45, 7) is 1.94. The quantitative estimate of drug-likeness (QED) is 0.722. The third kappa shape index (κ3) is 3.38. The highest BCUT2D eigenvalue weighted by atomic mass is 32.2. The van der Waals surface area contributed by atoms with Crippen molar-refractivity contribution in [1.82, 2.24) is 9.78 Å². The van der Waals surface area contributed by atoms with Gasteiger partial charge in [0.25, 0.3) is 0 Å². The van der Waals surface area contributed by atoms with Crippen LogP contribution in [0.3, 0.4) is 0 Å². The number of hydrogen-bond donors (Lipinski definition) is 1. The Bertz CT molecular complexity index is 1010. The maximum atomic E-state index is 13.3. The third-order valence-electron chi connectivity index (χ3n) is 4.79. The number of hydrogen-bond acceptors (Lipinski definition) is 4. The molecule has 0 fully saturated rings. The van der Waals surface area contributed by atoms with Crippen molar-refractivity contribution in [3.05, 3.63) is 71.2 Å². The normalized spacial score (nSPS) is 16.3. The highest BCUT2D eigenvalue weighted by molar-refractivity contribution is 8.00. The second kappa shape index (κ2) is 7.31. The second-order valence-corrected chi connectivity index (χ2v) is 8.05. The molecule has 28 heavy (non-hydrogen) atoms. The Balaban J connectivity index is 1.82. The average Bonchev–Trinajstić information content (AvgIpc) is 2.88. The molecular weight excluding hydrogens is 375 g/mol. The van der Waals surface area contributed by atoms with Gasteiger partial charge in [-0.05, 0) is 48.9 Å². The van der Waals surface area contributed by atoms with E-state index in [0.717, 1.165) is 22.5 Å². The minimum Gasteiger partial charge on any atom is -0.378 e. The van der Waals surface area contributed by atoms with Crippen molar-refractivity contribution in [2.45, 2.75) is 12.2 Å². The predicted octanol–water partition coefficient (Wildman–Crippen LogP) is 4.16. The smallest absolute Gasteiger partial charge is 0.235 e. The molecule has 1 N–H and O–H groups in total. The van der Waals surface area contributed by atoms with Crippen LogP contribution in [-0.4, -0.2) is 35.5 Å². The van der Waals surface area contributed by atoms with Crippen LogP contribution in [-0.2, 0) is 4.79 Å². The molecule has 2 heterocycles. The number of carbonyl (C=O) groups excluding carboxylic acids is 1. The lowest BCUT2D eigenvalue weighted by atomic mass is 10.0. The number of rotatable bonds is 3. The molecule has 1 atom stereocenters. The van der Waals surface area contributed by atoms with Crippen LogP contribution in [0.1, 0.15) is 22.1 Å². The van der Waals surface area contributed by atoms with Crippen LogP contribution in [0.4, 0.5) is 15.9 Å². The van der Waals surface area contributed by atoms with Crippen molar-refractivity contribution in [2.24, 2.45) is 0 Å². The summed E-state index contributed by atoms with van der Waals surface area (Å²) < 4.78 is 15.0. The van der Waals surface area contributed by atoms with Gasteiger partial charge in [0.1, 0.15) is 11.6 Å². The second-order valence-electron chi connectivity index (χ2n) is 6.96. The van der Waals surface area contributed by atoms with E-state index < -0.39 is 0 Å². The van der Waals surface area contributed by atoms with Gasteiger partial charge >= 0.3 is 0 Å². The number of nitrogens with one attached hydrogen (secondary N) is 1. The molecular formula is C21H21FN4OS. The molecule has 1 aromatic heterocycles. The van der Waals surface area contributed by atoms with E-state index in [0.29, 0.717) is 17.3 Å². The molecule has 1 aliphatic rings. The van der Waals surface area contributed by atoms with Crippen molar-refractivity contribution in [3.63, 3.8) is 0 Å². The number of thioether (sulfide) groups is 1. The van der Waals surface area contributed by atoms with Crippen LogP contribution >= 0.6 is 11.8 Å². The van der Waals surface area contributed by atoms with Crippen LogP contribution in [0.5, 0.6) is 0 Å². The Hall–Kier alpha value is -2.80. The first-order valence-electron chi connectivity index (χ1n) is 8.98.